The smallest absolute Gasteiger partial charge is 0.148 e. The van der Waals surface area contributed by atoms with Crippen molar-refractivity contribution >= 4 is 60.6 Å². The monoisotopic (exact) mass is 386 g/mol. The topological polar surface area (TPSA) is 63.8 Å². The molecule has 2 rings (SSSR count). The Balaban J connectivity index is 2.26. The van der Waals surface area contributed by atoms with Crippen molar-refractivity contribution in [3.05, 3.63) is 45.2 Å². The van der Waals surface area contributed by atoms with Gasteiger partial charge < -0.3 is 11.1 Å². The predicted octanol–water partition coefficient (Wildman–Crippen LogP) is 3.38. The SMILES string of the molecule is NC(=S)c1cnc(Nc2c(Br)cccc2Br)cn1. The lowest BCUT2D eigenvalue weighted by Crippen LogP contribution is -2.12. The van der Waals surface area contributed by atoms with Gasteiger partial charge in [0.15, 0.2) is 0 Å². The first kappa shape index (κ1) is 13.4. The first-order chi connectivity index (χ1) is 8.58. The molecule has 1 aromatic carbocycles. The quantitative estimate of drug-likeness (QED) is 0.790. The lowest BCUT2D eigenvalue weighted by atomic mass is 10.3. The van der Waals surface area contributed by atoms with E-state index in [2.05, 4.69) is 47.1 Å². The van der Waals surface area contributed by atoms with Crippen molar-refractivity contribution in [2.75, 3.05) is 5.32 Å². The number of benzene rings is 1. The van der Waals surface area contributed by atoms with Crippen molar-refractivity contribution in [3.63, 3.8) is 0 Å². The number of rotatable bonds is 3. The molecule has 4 nitrogen and oxygen atoms in total. The van der Waals surface area contributed by atoms with E-state index in [9.17, 15) is 0 Å². The highest BCUT2D eigenvalue weighted by Gasteiger charge is 2.06. The summed E-state index contributed by atoms with van der Waals surface area (Å²) in [4.78, 5) is 8.54. The van der Waals surface area contributed by atoms with E-state index >= 15 is 0 Å². The maximum atomic E-state index is 5.46. The summed E-state index contributed by atoms with van der Waals surface area (Å²) >= 11 is 11.7. The van der Waals surface area contributed by atoms with Gasteiger partial charge in [0.05, 0.1) is 18.1 Å². The van der Waals surface area contributed by atoms with E-state index in [4.69, 9.17) is 18.0 Å². The number of thiocarbonyl (C=S) groups is 1. The fourth-order valence-corrected chi connectivity index (χ4v) is 2.57. The maximum absolute atomic E-state index is 5.46. The van der Waals surface area contributed by atoms with Crippen LogP contribution in [0.4, 0.5) is 11.5 Å². The van der Waals surface area contributed by atoms with Crippen LogP contribution in [0.1, 0.15) is 5.69 Å². The Morgan fingerprint density at radius 1 is 1.17 bits per heavy atom. The zero-order chi connectivity index (χ0) is 13.1. The molecular formula is C11H8Br2N4S. The molecule has 0 unspecified atom stereocenters. The van der Waals surface area contributed by atoms with Crippen LogP contribution in [-0.4, -0.2) is 15.0 Å². The zero-order valence-corrected chi connectivity index (χ0v) is 13.0. The molecule has 7 heteroatoms. The third-order valence-corrected chi connectivity index (χ3v) is 3.65. The lowest BCUT2D eigenvalue weighted by Gasteiger charge is -2.09. The third-order valence-electron chi connectivity index (χ3n) is 2.12. The first-order valence-corrected chi connectivity index (χ1v) is 6.90. The molecular weight excluding hydrogens is 380 g/mol. The van der Waals surface area contributed by atoms with Gasteiger partial charge in [-0.15, -0.1) is 0 Å². The van der Waals surface area contributed by atoms with Crippen molar-refractivity contribution in [1.29, 1.82) is 0 Å². The summed E-state index contributed by atoms with van der Waals surface area (Å²) in [6, 6.07) is 5.80. The molecule has 0 aliphatic heterocycles. The molecule has 0 saturated heterocycles. The molecule has 0 bridgehead atoms. The van der Waals surface area contributed by atoms with Crippen LogP contribution in [0.2, 0.25) is 0 Å². The highest BCUT2D eigenvalue weighted by Crippen LogP contribution is 2.32. The molecule has 0 saturated carbocycles. The van der Waals surface area contributed by atoms with Gasteiger partial charge in [-0.1, -0.05) is 18.3 Å². The van der Waals surface area contributed by atoms with Gasteiger partial charge in [-0.25, -0.2) is 9.97 Å². The van der Waals surface area contributed by atoms with E-state index in [1.165, 1.54) is 6.20 Å². The van der Waals surface area contributed by atoms with Crippen molar-refractivity contribution in [2.45, 2.75) is 0 Å². The average molecular weight is 388 g/mol. The fraction of sp³-hybridized carbons (Fsp3) is 0. The normalized spacial score (nSPS) is 10.1. The minimum Gasteiger partial charge on any atom is -0.388 e. The third kappa shape index (κ3) is 3.04. The maximum Gasteiger partial charge on any atom is 0.148 e. The number of nitrogens with one attached hydrogen (secondary N) is 1. The Hall–Kier alpha value is -1.05. The molecule has 0 atom stereocenters. The minimum atomic E-state index is 0.233. The average Bonchev–Trinajstić information content (AvgIpc) is 2.34. The van der Waals surface area contributed by atoms with Crippen LogP contribution in [0.25, 0.3) is 0 Å². The Bertz CT molecular complexity index is 566. The van der Waals surface area contributed by atoms with E-state index in [1.807, 2.05) is 18.2 Å². The standard InChI is InChI=1S/C11H8Br2N4S/c12-6-2-1-3-7(13)10(6)17-9-5-15-8(4-16-9)11(14)18/h1-5H,(H2,14,18)(H,16,17). The molecule has 18 heavy (non-hydrogen) atoms. The van der Waals surface area contributed by atoms with Gasteiger partial charge in [-0.05, 0) is 44.0 Å². The van der Waals surface area contributed by atoms with Crippen LogP contribution in [-0.2, 0) is 0 Å². The second-order valence-corrected chi connectivity index (χ2v) is 5.52. The van der Waals surface area contributed by atoms with Crippen molar-refractivity contribution in [3.8, 4) is 0 Å². The molecule has 1 heterocycles. The van der Waals surface area contributed by atoms with Crippen molar-refractivity contribution in [1.82, 2.24) is 9.97 Å². The number of nitrogens with zero attached hydrogens (tertiary/aromatic N) is 2. The van der Waals surface area contributed by atoms with Crippen LogP contribution in [0, 0.1) is 0 Å². The largest absolute Gasteiger partial charge is 0.388 e. The Morgan fingerprint density at radius 2 is 1.83 bits per heavy atom. The summed E-state index contributed by atoms with van der Waals surface area (Å²) in [6.07, 6.45) is 3.12. The van der Waals surface area contributed by atoms with Gasteiger partial charge in [0.1, 0.15) is 16.5 Å². The van der Waals surface area contributed by atoms with Gasteiger partial charge in [-0.2, -0.15) is 0 Å². The summed E-state index contributed by atoms with van der Waals surface area (Å²) in [5.41, 5.74) is 6.84. The van der Waals surface area contributed by atoms with Crippen LogP contribution >= 0.6 is 44.1 Å². The van der Waals surface area contributed by atoms with Gasteiger partial charge >= 0.3 is 0 Å². The number of aromatic nitrogens is 2. The van der Waals surface area contributed by atoms with Crippen molar-refractivity contribution < 1.29 is 0 Å². The van der Waals surface area contributed by atoms with Crippen molar-refractivity contribution in [2.24, 2.45) is 5.73 Å². The molecule has 3 N–H and O–H groups in total. The van der Waals surface area contributed by atoms with Gasteiger partial charge in [0.2, 0.25) is 0 Å². The summed E-state index contributed by atoms with van der Waals surface area (Å²) < 4.78 is 1.86. The molecule has 0 aliphatic carbocycles. The lowest BCUT2D eigenvalue weighted by molar-refractivity contribution is 1.18. The van der Waals surface area contributed by atoms with Crippen LogP contribution in [0.15, 0.2) is 39.5 Å². The Kier molecular flexibility index (Phi) is 4.26. The van der Waals surface area contributed by atoms with Crippen LogP contribution in [0.3, 0.4) is 0 Å². The number of hydrogen-bond donors (Lipinski definition) is 2. The van der Waals surface area contributed by atoms with E-state index in [-0.39, 0.29) is 4.99 Å². The Labute approximate surface area is 126 Å². The van der Waals surface area contributed by atoms with Gasteiger partial charge in [0.25, 0.3) is 0 Å². The predicted molar refractivity (Wildman–Crippen MR) is 83.0 cm³/mol. The molecule has 0 spiro atoms. The number of para-hydroxylation sites is 1. The van der Waals surface area contributed by atoms with E-state index in [0.29, 0.717) is 11.5 Å². The van der Waals surface area contributed by atoms with Gasteiger partial charge in [0, 0.05) is 8.95 Å². The number of halogens is 2. The van der Waals surface area contributed by atoms with E-state index in [0.717, 1.165) is 14.6 Å². The minimum absolute atomic E-state index is 0.233. The molecule has 1 aromatic heterocycles. The molecule has 0 aliphatic rings. The highest BCUT2D eigenvalue weighted by atomic mass is 79.9. The highest BCUT2D eigenvalue weighted by molar-refractivity contribution is 9.11. The zero-order valence-electron chi connectivity index (χ0n) is 9.02. The van der Waals surface area contributed by atoms with Gasteiger partial charge in [-0.3, -0.25) is 0 Å². The summed E-state index contributed by atoms with van der Waals surface area (Å²) in [6.45, 7) is 0. The van der Waals surface area contributed by atoms with E-state index in [1.54, 1.807) is 6.20 Å². The molecule has 0 radical (unpaired) electrons. The number of anilines is 2. The molecule has 0 amide bonds. The summed E-state index contributed by atoms with van der Waals surface area (Å²) in [5.74, 6) is 0.614. The number of hydrogen-bond acceptors (Lipinski definition) is 4. The second-order valence-electron chi connectivity index (χ2n) is 3.37. The number of nitrogens with two attached hydrogens (primary N) is 1. The summed E-state index contributed by atoms with van der Waals surface area (Å²) in [5, 5.41) is 3.16. The molecule has 2 aromatic rings. The Morgan fingerprint density at radius 3 is 2.33 bits per heavy atom. The molecule has 0 fully saturated rings. The second kappa shape index (κ2) is 5.73. The van der Waals surface area contributed by atoms with Crippen LogP contribution < -0.4 is 11.1 Å². The fourth-order valence-electron chi connectivity index (χ4n) is 1.27. The first-order valence-electron chi connectivity index (χ1n) is 4.91. The summed E-state index contributed by atoms with van der Waals surface area (Å²) in [7, 11) is 0. The van der Waals surface area contributed by atoms with E-state index < -0.39 is 0 Å². The van der Waals surface area contributed by atoms with Crippen LogP contribution in [0.5, 0.6) is 0 Å². The molecule has 92 valence electrons.